The molecule has 2 aromatic rings. The van der Waals surface area contributed by atoms with E-state index in [-0.39, 0.29) is 0 Å². The van der Waals surface area contributed by atoms with Gasteiger partial charge in [-0.25, -0.2) is 4.98 Å². The predicted molar refractivity (Wildman–Crippen MR) is 104 cm³/mol. The average Bonchev–Trinajstić information content (AvgIpc) is 3.24. The fourth-order valence-electron chi connectivity index (χ4n) is 3.66. The fraction of sp³-hybridized carbons (Fsp3) is 0.632. The molecule has 25 heavy (non-hydrogen) atoms. The maximum Gasteiger partial charge on any atom is 0.203 e. The molecule has 1 saturated heterocycles. The van der Waals surface area contributed by atoms with E-state index in [0.717, 1.165) is 47.9 Å². The van der Waals surface area contributed by atoms with Gasteiger partial charge in [-0.1, -0.05) is 0 Å². The average molecular weight is 345 g/mol. The molecule has 2 heterocycles. The third kappa shape index (κ3) is 3.90. The maximum atomic E-state index is 5.65. The molecule has 6 nitrogen and oxygen atoms in total. The third-order valence-electron chi connectivity index (χ3n) is 4.95. The van der Waals surface area contributed by atoms with E-state index in [2.05, 4.69) is 46.1 Å². The number of methoxy groups -OCH3 is 1. The van der Waals surface area contributed by atoms with Crippen molar-refractivity contribution < 1.29 is 4.74 Å². The summed E-state index contributed by atoms with van der Waals surface area (Å²) in [6.07, 6.45) is 2.69. The number of nitrogens with zero attached hydrogens (tertiary/aromatic N) is 3. The highest BCUT2D eigenvalue weighted by Crippen LogP contribution is 2.30. The number of benzene rings is 1. The van der Waals surface area contributed by atoms with Crippen molar-refractivity contribution in [2.45, 2.75) is 39.3 Å². The van der Waals surface area contributed by atoms with Crippen molar-refractivity contribution in [3.63, 3.8) is 0 Å². The van der Waals surface area contributed by atoms with Crippen LogP contribution in [0.4, 0.5) is 5.95 Å². The first-order valence-electron chi connectivity index (χ1n) is 9.33. The van der Waals surface area contributed by atoms with E-state index < -0.39 is 0 Å². The van der Waals surface area contributed by atoms with Crippen LogP contribution in [0.5, 0.6) is 5.75 Å². The number of ether oxygens (including phenoxy) is 1. The summed E-state index contributed by atoms with van der Waals surface area (Å²) in [4.78, 5) is 7.26. The van der Waals surface area contributed by atoms with Gasteiger partial charge in [-0.05, 0) is 45.8 Å². The molecular weight excluding hydrogens is 314 g/mol. The molecule has 138 valence electrons. The first kappa shape index (κ1) is 18.0. The Bertz CT molecular complexity index is 703. The van der Waals surface area contributed by atoms with E-state index in [1.807, 2.05) is 7.05 Å². The molecule has 0 unspecified atom stereocenters. The molecule has 1 aliphatic heterocycles. The summed E-state index contributed by atoms with van der Waals surface area (Å²) in [5.74, 6) is 1.82. The molecule has 0 bridgehead atoms. The van der Waals surface area contributed by atoms with Crippen molar-refractivity contribution in [3.8, 4) is 5.75 Å². The number of fused-ring (bicyclic) bond motifs is 1. The van der Waals surface area contributed by atoms with Crippen molar-refractivity contribution in [2.24, 2.45) is 0 Å². The van der Waals surface area contributed by atoms with E-state index in [4.69, 9.17) is 9.72 Å². The standard InChI is InChI=1S/C19H31N5O/c1-14(2)24-17-12-18(25-4)15(11-16(17)22-19(24)20-3)13-21-7-10-23-8-5-6-9-23/h11-12,14,21H,5-10,13H2,1-4H3,(H,20,22). The van der Waals surface area contributed by atoms with E-state index >= 15 is 0 Å². The Morgan fingerprint density at radius 3 is 2.64 bits per heavy atom. The minimum atomic E-state index is 0.335. The molecule has 0 amide bonds. The van der Waals surface area contributed by atoms with Gasteiger partial charge in [-0.3, -0.25) is 0 Å². The van der Waals surface area contributed by atoms with Crippen LogP contribution in [-0.4, -0.2) is 54.8 Å². The summed E-state index contributed by atoms with van der Waals surface area (Å²) in [6, 6.07) is 4.60. The third-order valence-corrected chi connectivity index (χ3v) is 4.95. The first-order chi connectivity index (χ1) is 12.1. The number of rotatable bonds is 8. The zero-order chi connectivity index (χ0) is 17.8. The van der Waals surface area contributed by atoms with Gasteiger partial charge in [0, 0.05) is 44.4 Å². The van der Waals surface area contributed by atoms with Gasteiger partial charge in [-0.15, -0.1) is 0 Å². The molecule has 1 fully saturated rings. The van der Waals surface area contributed by atoms with E-state index in [1.165, 1.54) is 25.9 Å². The number of aromatic nitrogens is 2. The topological polar surface area (TPSA) is 54.4 Å². The zero-order valence-electron chi connectivity index (χ0n) is 15.9. The van der Waals surface area contributed by atoms with Crippen LogP contribution < -0.4 is 15.4 Å². The van der Waals surface area contributed by atoms with Gasteiger partial charge in [0.1, 0.15) is 5.75 Å². The number of nitrogens with one attached hydrogen (secondary N) is 2. The Labute approximate surface area is 150 Å². The lowest BCUT2D eigenvalue weighted by molar-refractivity contribution is 0.335. The molecule has 6 heteroatoms. The lowest BCUT2D eigenvalue weighted by Crippen LogP contribution is -2.29. The van der Waals surface area contributed by atoms with Gasteiger partial charge < -0.3 is 24.8 Å². The SMILES string of the molecule is CNc1nc2cc(CNCCN3CCCC3)c(OC)cc2n1C(C)C. The molecule has 0 atom stereocenters. The van der Waals surface area contributed by atoms with Crippen LogP contribution in [0.25, 0.3) is 11.0 Å². The molecule has 0 aliphatic carbocycles. The van der Waals surface area contributed by atoms with Gasteiger partial charge in [-0.2, -0.15) is 0 Å². The Balaban J connectivity index is 1.75. The van der Waals surface area contributed by atoms with Crippen molar-refractivity contribution >= 4 is 17.0 Å². The highest BCUT2D eigenvalue weighted by atomic mass is 16.5. The van der Waals surface area contributed by atoms with Gasteiger partial charge in [0.15, 0.2) is 0 Å². The van der Waals surface area contributed by atoms with Crippen LogP contribution in [0, 0.1) is 0 Å². The molecule has 3 rings (SSSR count). The normalized spacial score (nSPS) is 15.4. The van der Waals surface area contributed by atoms with Crippen LogP contribution >= 0.6 is 0 Å². The summed E-state index contributed by atoms with van der Waals surface area (Å²) in [5.41, 5.74) is 3.28. The minimum absolute atomic E-state index is 0.335. The summed E-state index contributed by atoms with van der Waals surface area (Å²) < 4.78 is 7.86. The monoisotopic (exact) mass is 345 g/mol. The largest absolute Gasteiger partial charge is 0.496 e. The summed E-state index contributed by atoms with van der Waals surface area (Å²) >= 11 is 0. The van der Waals surface area contributed by atoms with E-state index in [1.54, 1.807) is 7.11 Å². The number of likely N-dealkylation sites (tertiary alicyclic amines) is 1. The quantitative estimate of drug-likeness (QED) is 0.721. The van der Waals surface area contributed by atoms with Gasteiger partial charge >= 0.3 is 0 Å². The zero-order valence-corrected chi connectivity index (χ0v) is 15.9. The smallest absolute Gasteiger partial charge is 0.203 e. The molecular formula is C19H31N5O. The highest BCUT2D eigenvalue weighted by molar-refractivity contribution is 5.81. The molecule has 1 aliphatic rings. The lowest BCUT2D eigenvalue weighted by atomic mass is 10.1. The van der Waals surface area contributed by atoms with E-state index in [9.17, 15) is 0 Å². The molecule has 1 aromatic carbocycles. The van der Waals surface area contributed by atoms with Gasteiger partial charge in [0.2, 0.25) is 5.95 Å². The number of hydrogen-bond donors (Lipinski definition) is 2. The highest BCUT2D eigenvalue weighted by Gasteiger charge is 2.16. The van der Waals surface area contributed by atoms with Crippen molar-refractivity contribution in [3.05, 3.63) is 17.7 Å². The summed E-state index contributed by atoms with van der Waals surface area (Å²) in [7, 11) is 3.65. The number of hydrogen-bond acceptors (Lipinski definition) is 5. The number of imidazole rings is 1. The Hall–Kier alpha value is -1.79. The Morgan fingerprint density at radius 1 is 1.24 bits per heavy atom. The molecule has 0 saturated carbocycles. The molecule has 0 spiro atoms. The molecule has 1 aromatic heterocycles. The second kappa shape index (κ2) is 8.06. The summed E-state index contributed by atoms with van der Waals surface area (Å²) in [5, 5.41) is 6.75. The predicted octanol–water partition coefficient (Wildman–Crippen LogP) is 2.85. The number of anilines is 1. The van der Waals surface area contributed by atoms with Gasteiger partial charge in [0.25, 0.3) is 0 Å². The Kier molecular flexibility index (Phi) is 5.81. The second-order valence-corrected chi connectivity index (χ2v) is 7.03. The molecule has 2 N–H and O–H groups in total. The maximum absolute atomic E-state index is 5.65. The van der Waals surface area contributed by atoms with Crippen LogP contribution in [0.1, 0.15) is 38.3 Å². The van der Waals surface area contributed by atoms with Crippen LogP contribution in [0.2, 0.25) is 0 Å². The first-order valence-corrected chi connectivity index (χ1v) is 9.33. The van der Waals surface area contributed by atoms with Crippen molar-refractivity contribution in [2.75, 3.05) is 45.7 Å². The fourth-order valence-corrected chi connectivity index (χ4v) is 3.66. The van der Waals surface area contributed by atoms with Gasteiger partial charge in [0.05, 0.1) is 18.1 Å². The van der Waals surface area contributed by atoms with Crippen molar-refractivity contribution in [1.82, 2.24) is 19.8 Å². The Morgan fingerprint density at radius 2 is 2.00 bits per heavy atom. The molecule has 0 radical (unpaired) electrons. The van der Waals surface area contributed by atoms with Crippen LogP contribution in [0.3, 0.4) is 0 Å². The van der Waals surface area contributed by atoms with E-state index in [0.29, 0.717) is 6.04 Å². The van der Waals surface area contributed by atoms with Crippen LogP contribution in [-0.2, 0) is 6.54 Å². The van der Waals surface area contributed by atoms with Crippen LogP contribution in [0.15, 0.2) is 12.1 Å². The summed E-state index contributed by atoms with van der Waals surface area (Å²) in [6.45, 7) is 9.76. The van der Waals surface area contributed by atoms with Crippen molar-refractivity contribution in [1.29, 1.82) is 0 Å². The second-order valence-electron chi connectivity index (χ2n) is 7.03. The lowest BCUT2D eigenvalue weighted by Gasteiger charge is -2.16. The minimum Gasteiger partial charge on any atom is -0.496 e.